The first kappa shape index (κ1) is 18.7. The average Bonchev–Trinajstić information content (AvgIpc) is 3.12. The molecule has 1 aliphatic rings. The van der Waals surface area contributed by atoms with E-state index in [0.717, 1.165) is 11.0 Å². The molecule has 0 aliphatic carbocycles. The Hall–Kier alpha value is -2.05. The number of ether oxygens (including phenoxy) is 1. The number of aromatic nitrogens is 1. The molecule has 0 unspecified atom stereocenters. The fourth-order valence-corrected chi connectivity index (χ4v) is 2.87. The fraction of sp³-hybridized carbons (Fsp3) is 0.450. The lowest BCUT2D eigenvalue weighted by molar-refractivity contribution is 0.00578. The minimum atomic E-state index is -0.492. The van der Waals surface area contributed by atoms with Gasteiger partial charge >= 0.3 is 13.1 Å². The Morgan fingerprint density at radius 3 is 2.31 bits per heavy atom. The molecule has 3 rings (SSSR count). The van der Waals surface area contributed by atoms with Gasteiger partial charge in [0.2, 0.25) is 0 Å². The lowest BCUT2D eigenvalue weighted by Gasteiger charge is -2.32. The molecule has 0 saturated carbocycles. The maximum absolute atomic E-state index is 12.6. The molecule has 1 saturated heterocycles. The van der Waals surface area contributed by atoms with Crippen LogP contribution in [-0.2, 0) is 27.2 Å². The van der Waals surface area contributed by atoms with Crippen LogP contribution in [0.1, 0.15) is 50.7 Å². The van der Waals surface area contributed by atoms with E-state index >= 15 is 0 Å². The number of nitrogens with zero attached hydrogens (tertiary/aromatic N) is 1. The van der Waals surface area contributed by atoms with Gasteiger partial charge in [0.1, 0.15) is 12.3 Å². The molecule has 0 radical (unpaired) electrons. The summed E-state index contributed by atoms with van der Waals surface area (Å²) in [6.45, 7) is 11.0. The summed E-state index contributed by atoms with van der Waals surface area (Å²) in [5.74, 6) is -0.349. The van der Waals surface area contributed by atoms with Gasteiger partial charge < -0.3 is 18.6 Å². The summed E-state index contributed by atoms with van der Waals surface area (Å²) < 4.78 is 19.5. The van der Waals surface area contributed by atoms with Crippen molar-refractivity contribution in [3.05, 3.63) is 53.9 Å². The van der Waals surface area contributed by atoms with E-state index in [0.29, 0.717) is 12.2 Å². The van der Waals surface area contributed by atoms with Gasteiger partial charge in [-0.3, -0.25) is 0 Å². The Morgan fingerprint density at radius 2 is 1.73 bits per heavy atom. The molecule has 2 heterocycles. The summed E-state index contributed by atoms with van der Waals surface area (Å²) in [6.07, 6.45) is 1.90. The number of esters is 1. The van der Waals surface area contributed by atoms with Crippen LogP contribution >= 0.6 is 0 Å². The van der Waals surface area contributed by atoms with Crippen LogP contribution in [0.25, 0.3) is 0 Å². The summed E-state index contributed by atoms with van der Waals surface area (Å²) in [7, 11) is -0.492. The second kappa shape index (κ2) is 6.93. The van der Waals surface area contributed by atoms with Crippen LogP contribution in [0.5, 0.6) is 0 Å². The van der Waals surface area contributed by atoms with E-state index in [9.17, 15) is 4.79 Å². The number of benzene rings is 1. The Kier molecular flexibility index (Phi) is 4.99. The molecule has 2 aromatic rings. The monoisotopic (exact) mass is 355 g/mol. The Bertz CT molecular complexity index is 766. The maximum Gasteiger partial charge on any atom is 0.496 e. The van der Waals surface area contributed by atoms with Gasteiger partial charge in [0.05, 0.1) is 11.2 Å². The molecular weight excluding hydrogens is 329 g/mol. The third-order valence-corrected chi connectivity index (χ3v) is 5.21. The van der Waals surface area contributed by atoms with Crippen molar-refractivity contribution >= 4 is 18.6 Å². The van der Waals surface area contributed by atoms with Crippen LogP contribution in [-0.4, -0.2) is 28.9 Å². The first-order valence-electron chi connectivity index (χ1n) is 9.00. The summed E-state index contributed by atoms with van der Waals surface area (Å²) in [5, 5.41) is 0. The van der Waals surface area contributed by atoms with E-state index in [4.69, 9.17) is 14.0 Å². The van der Waals surface area contributed by atoms with Crippen molar-refractivity contribution < 1.29 is 18.8 Å². The lowest BCUT2D eigenvalue weighted by atomic mass is 9.81. The summed E-state index contributed by atoms with van der Waals surface area (Å²) in [4.78, 5) is 12.6. The van der Waals surface area contributed by atoms with Gasteiger partial charge in [0, 0.05) is 18.2 Å². The molecular formula is C20H26BNO4. The number of carbonyl (C=O) groups excluding carboxylic acids is 1. The topological polar surface area (TPSA) is 49.7 Å². The number of carbonyl (C=O) groups is 1. The largest absolute Gasteiger partial charge is 0.496 e. The summed E-state index contributed by atoms with van der Waals surface area (Å²) >= 11 is 0. The summed E-state index contributed by atoms with van der Waals surface area (Å²) in [6, 6.07) is 11.5. The molecule has 6 heteroatoms. The van der Waals surface area contributed by atoms with Gasteiger partial charge in [-0.1, -0.05) is 30.3 Å². The number of aryl methyl sites for hydroxylation is 1. The van der Waals surface area contributed by atoms with E-state index in [1.54, 1.807) is 6.07 Å². The molecule has 0 spiro atoms. The predicted molar refractivity (Wildman–Crippen MR) is 101 cm³/mol. The third kappa shape index (κ3) is 3.57. The van der Waals surface area contributed by atoms with Crippen molar-refractivity contribution in [2.75, 3.05) is 0 Å². The van der Waals surface area contributed by atoms with Crippen LogP contribution in [0.15, 0.2) is 42.6 Å². The van der Waals surface area contributed by atoms with Crippen LogP contribution < -0.4 is 5.46 Å². The molecule has 1 aliphatic heterocycles. The molecule has 1 aromatic carbocycles. The average molecular weight is 355 g/mol. The van der Waals surface area contributed by atoms with Gasteiger partial charge in [0.25, 0.3) is 0 Å². The molecule has 1 fully saturated rings. The van der Waals surface area contributed by atoms with Crippen LogP contribution in [0.2, 0.25) is 0 Å². The normalized spacial score (nSPS) is 18.1. The molecule has 0 bridgehead atoms. The minimum Gasteiger partial charge on any atom is -0.456 e. The molecule has 138 valence electrons. The zero-order valence-corrected chi connectivity index (χ0v) is 16.1. The van der Waals surface area contributed by atoms with E-state index in [1.165, 1.54) is 0 Å². The molecule has 0 atom stereocenters. The molecule has 5 nitrogen and oxygen atoms in total. The van der Waals surface area contributed by atoms with Crippen LogP contribution in [0, 0.1) is 0 Å². The highest BCUT2D eigenvalue weighted by Crippen LogP contribution is 2.36. The van der Waals surface area contributed by atoms with Crippen molar-refractivity contribution in [3.63, 3.8) is 0 Å². The Labute approximate surface area is 155 Å². The SMILES string of the molecule is CCn1cc(B2OC(C)(C)C(C)(C)O2)cc1C(=O)OCc1ccccc1. The summed E-state index contributed by atoms with van der Waals surface area (Å²) in [5.41, 5.74) is 1.46. The van der Waals surface area contributed by atoms with E-state index < -0.39 is 18.3 Å². The standard InChI is InChI=1S/C20H26BNO4/c1-6-22-13-16(21-25-19(2,3)20(4,5)26-21)12-17(22)18(23)24-14-15-10-8-7-9-11-15/h7-13H,6,14H2,1-5H3. The first-order chi connectivity index (χ1) is 12.2. The molecule has 0 amide bonds. The number of hydrogen-bond donors (Lipinski definition) is 0. The van der Waals surface area contributed by atoms with Crippen molar-refractivity contribution in [3.8, 4) is 0 Å². The van der Waals surface area contributed by atoms with E-state index in [-0.39, 0.29) is 12.6 Å². The minimum absolute atomic E-state index is 0.250. The van der Waals surface area contributed by atoms with Gasteiger partial charge in [-0.05, 0) is 46.2 Å². The van der Waals surface area contributed by atoms with E-state index in [2.05, 4.69) is 0 Å². The number of hydrogen-bond acceptors (Lipinski definition) is 4. The van der Waals surface area contributed by atoms with E-state index in [1.807, 2.05) is 75.7 Å². The van der Waals surface area contributed by atoms with Gasteiger partial charge in [-0.15, -0.1) is 0 Å². The quantitative estimate of drug-likeness (QED) is 0.611. The Morgan fingerprint density at radius 1 is 1.12 bits per heavy atom. The van der Waals surface area contributed by atoms with Crippen molar-refractivity contribution in [1.82, 2.24) is 4.57 Å². The predicted octanol–water partition coefficient (Wildman–Crippen LogP) is 3.16. The first-order valence-corrected chi connectivity index (χ1v) is 9.00. The molecule has 1 aromatic heterocycles. The Balaban J connectivity index is 1.76. The zero-order valence-electron chi connectivity index (χ0n) is 16.1. The smallest absolute Gasteiger partial charge is 0.456 e. The zero-order chi connectivity index (χ0) is 18.9. The van der Waals surface area contributed by atoms with Crippen molar-refractivity contribution in [2.45, 2.75) is 59.0 Å². The highest BCUT2D eigenvalue weighted by atomic mass is 16.7. The molecule has 0 N–H and O–H groups in total. The maximum atomic E-state index is 12.6. The van der Waals surface area contributed by atoms with Crippen LogP contribution in [0.4, 0.5) is 0 Å². The highest BCUT2D eigenvalue weighted by Gasteiger charge is 2.52. The molecule has 26 heavy (non-hydrogen) atoms. The van der Waals surface area contributed by atoms with Crippen LogP contribution in [0.3, 0.4) is 0 Å². The second-order valence-electron chi connectivity index (χ2n) is 7.59. The van der Waals surface area contributed by atoms with Crippen molar-refractivity contribution in [2.24, 2.45) is 0 Å². The van der Waals surface area contributed by atoms with Crippen molar-refractivity contribution in [1.29, 1.82) is 0 Å². The third-order valence-electron chi connectivity index (χ3n) is 5.21. The highest BCUT2D eigenvalue weighted by molar-refractivity contribution is 6.62. The number of rotatable bonds is 5. The second-order valence-corrected chi connectivity index (χ2v) is 7.59. The lowest BCUT2D eigenvalue weighted by Crippen LogP contribution is -2.41. The van der Waals surface area contributed by atoms with Gasteiger partial charge in [0.15, 0.2) is 0 Å². The fourth-order valence-electron chi connectivity index (χ4n) is 2.87. The van der Waals surface area contributed by atoms with Gasteiger partial charge in [-0.25, -0.2) is 4.79 Å². The van der Waals surface area contributed by atoms with Gasteiger partial charge in [-0.2, -0.15) is 0 Å².